The third-order valence-corrected chi connectivity index (χ3v) is 7.12. The molecule has 0 aliphatic heterocycles. The lowest BCUT2D eigenvalue weighted by Gasteiger charge is -2.11. The van der Waals surface area contributed by atoms with Crippen molar-refractivity contribution < 1.29 is 14.3 Å². The van der Waals surface area contributed by atoms with E-state index in [1.807, 2.05) is 31.2 Å². The van der Waals surface area contributed by atoms with E-state index in [1.165, 1.54) is 102 Å². The molecule has 0 bridgehead atoms. The van der Waals surface area contributed by atoms with Crippen LogP contribution in [-0.4, -0.2) is 12.6 Å². The first-order chi connectivity index (χ1) is 18.1. The van der Waals surface area contributed by atoms with E-state index in [0.717, 1.165) is 30.8 Å². The standard InChI is InChI=1S/C34H52O3/c1-4-6-8-10-12-14-16-18-20-30-21-24-32(25-22-30)37-34(35)31-23-26-33(29(3)28-31)36-27-19-17-15-13-11-9-7-5-2/h21-26,28H,4-20,27H2,1-3H3. The monoisotopic (exact) mass is 508 g/mol. The molecule has 3 nitrogen and oxygen atoms in total. The summed E-state index contributed by atoms with van der Waals surface area (Å²) in [5, 5.41) is 0. The summed E-state index contributed by atoms with van der Waals surface area (Å²) < 4.78 is 11.6. The van der Waals surface area contributed by atoms with Crippen molar-refractivity contribution in [1.82, 2.24) is 0 Å². The van der Waals surface area contributed by atoms with Crippen molar-refractivity contribution in [3.05, 3.63) is 59.2 Å². The Morgan fingerprint density at radius 2 is 1.19 bits per heavy atom. The zero-order valence-corrected chi connectivity index (χ0v) is 24.0. The first kappa shape index (κ1) is 30.9. The highest BCUT2D eigenvalue weighted by Crippen LogP contribution is 2.22. The second-order valence-corrected chi connectivity index (χ2v) is 10.6. The van der Waals surface area contributed by atoms with E-state index in [-0.39, 0.29) is 5.97 Å². The predicted octanol–water partition coefficient (Wildman–Crippen LogP) is 10.4. The highest BCUT2D eigenvalue weighted by Gasteiger charge is 2.11. The van der Waals surface area contributed by atoms with Crippen molar-refractivity contribution in [2.45, 2.75) is 130 Å². The van der Waals surface area contributed by atoms with Crippen LogP contribution in [0.15, 0.2) is 42.5 Å². The number of hydrogen-bond acceptors (Lipinski definition) is 3. The fourth-order valence-corrected chi connectivity index (χ4v) is 4.71. The van der Waals surface area contributed by atoms with Crippen LogP contribution >= 0.6 is 0 Å². The van der Waals surface area contributed by atoms with E-state index in [1.54, 1.807) is 6.07 Å². The number of ether oxygens (including phenoxy) is 2. The molecule has 37 heavy (non-hydrogen) atoms. The third-order valence-electron chi connectivity index (χ3n) is 7.12. The molecule has 2 aromatic rings. The second-order valence-electron chi connectivity index (χ2n) is 10.6. The van der Waals surface area contributed by atoms with Crippen LogP contribution < -0.4 is 9.47 Å². The SMILES string of the molecule is CCCCCCCCCCOc1ccc(C(=O)Oc2ccc(CCCCCCCCCC)cc2)cc1C. The molecular weight excluding hydrogens is 456 g/mol. The summed E-state index contributed by atoms with van der Waals surface area (Å²) in [4.78, 5) is 12.7. The molecule has 206 valence electrons. The Morgan fingerprint density at radius 3 is 1.76 bits per heavy atom. The van der Waals surface area contributed by atoms with Gasteiger partial charge in [0, 0.05) is 0 Å². The van der Waals surface area contributed by atoms with Crippen LogP contribution in [0, 0.1) is 6.92 Å². The first-order valence-corrected chi connectivity index (χ1v) is 15.2. The van der Waals surface area contributed by atoms with Gasteiger partial charge in [0.2, 0.25) is 0 Å². The zero-order chi connectivity index (χ0) is 26.6. The average Bonchev–Trinajstić information content (AvgIpc) is 2.91. The zero-order valence-electron chi connectivity index (χ0n) is 24.0. The maximum absolute atomic E-state index is 12.7. The molecule has 0 unspecified atom stereocenters. The summed E-state index contributed by atoms with van der Waals surface area (Å²) >= 11 is 0. The molecular formula is C34H52O3. The lowest BCUT2D eigenvalue weighted by Crippen LogP contribution is -2.09. The number of unbranched alkanes of at least 4 members (excludes halogenated alkanes) is 14. The van der Waals surface area contributed by atoms with Crippen LogP contribution in [0.25, 0.3) is 0 Å². The molecule has 2 rings (SSSR count). The normalized spacial score (nSPS) is 11.0. The van der Waals surface area contributed by atoms with Crippen molar-refractivity contribution in [3.63, 3.8) is 0 Å². The molecule has 0 spiro atoms. The Hall–Kier alpha value is -2.29. The fraction of sp³-hybridized carbons (Fsp3) is 0.618. The quantitative estimate of drug-likeness (QED) is 0.0955. The molecule has 0 aromatic heterocycles. The largest absolute Gasteiger partial charge is 0.493 e. The minimum atomic E-state index is -0.325. The van der Waals surface area contributed by atoms with E-state index < -0.39 is 0 Å². The molecule has 0 atom stereocenters. The Bertz CT molecular complexity index is 856. The third kappa shape index (κ3) is 13.7. The minimum Gasteiger partial charge on any atom is -0.493 e. The second kappa shape index (κ2) is 19.8. The first-order valence-electron chi connectivity index (χ1n) is 15.2. The Kier molecular flexibility index (Phi) is 16.5. The van der Waals surface area contributed by atoms with Gasteiger partial charge in [0.25, 0.3) is 0 Å². The number of esters is 1. The highest BCUT2D eigenvalue weighted by molar-refractivity contribution is 5.91. The molecule has 0 radical (unpaired) electrons. The minimum absolute atomic E-state index is 0.325. The number of benzene rings is 2. The van der Waals surface area contributed by atoms with Gasteiger partial charge in [0.05, 0.1) is 12.2 Å². The van der Waals surface area contributed by atoms with Crippen molar-refractivity contribution in [2.24, 2.45) is 0 Å². The number of rotatable bonds is 21. The molecule has 2 aromatic carbocycles. The summed E-state index contributed by atoms with van der Waals surface area (Å²) in [7, 11) is 0. The van der Waals surface area contributed by atoms with E-state index >= 15 is 0 Å². The van der Waals surface area contributed by atoms with Crippen molar-refractivity contribution in [1.29, 1.82) is 0 Å². The lowest BCUT2D eigenvalue weighted by atomic mass is 10.0. The van der Waals surface area contributed by atoms with E-state index in [4.69, 9.17) is 9.47 Å². The smallest absolute Gasteiger partial charge is 0.343 e. The van der Waals surface area contributed by atoms with Gasteiger partial charge in [-0.1, -0.05) is 116 Å². The van der Waals surface area contributed by atoms with Gasteiger partial charge in [-0.3, -0.25) is 0 Å². The molecule has 0 N–H and O–H groups in total. The Balaban J connectivity index is 1.65. The molecule has 0 aliphatic carbocycles. The van der Waals surface area contributed by atoms with Gasteiger partial charge < -0.3 is 9.47 Å². The topological polar surface area (TPSA) is 35.5 Å². The van der Waals surface area contributed by atoms with Gasteiger partial charge in [-0.05, 0) is 67.6 Å². The molecule has 3 heteroatoms. The van der Waals surface area contributed by atoms with E-state index in [9.17, 15) is 4.79 Å². The molecule has 0 fully saturated rings. The van der Waals surface area contributed by atoms with Gasteiger partial charge >= 0.3 is 5.97 Å². The van der Waals surface area contributed by atoms with E-state index in [0.29, 0.717) is 11.3 Å². The molecule has 0 amide bonds. The molecule has 0 heterocycles. The van der Waals surface area contributed by atoms with Crippen LogP contribution in [-0.2, 0) is 6.42 Å². The van der Waals surface area contributed by atoms with Crippen molar-refractivity contribution in [3.8, 4) is 11.5 Å². The highest BCUT2D eigenvalue weighted by atomic mass is 16.5. The average molecular weight is 509 g/mol. The van der Waals surface area contributed by atoms with Crippen LogP contribution in [0.3, 0.4) is 0 Å². The predicted molar refractivity (Wildman–Crippen MR) is 157 cm³/mol. The van der Waals surface area contributed by atoms with E-state index in [2.05, 4.69) is 26.0 Å². The Labute approximate surface area is 227 Å². The van der Waals surface area contributed by atoms with Gasteiger partial charge in [-0.15, -0.1) is 0 Å². The van der Waals surface area contributed by atoms with Crippen LogP contribution in [0.2, 0.25) is 0 Å². The number of carbonyl (C=O) groups is 1. The van der Waals surface area contributed by atoms with Crippen molar-refractivity contribution >= 4 is 5.97 Å². The summed E-state index contributed by atoms with van der Waals surface area (Å²) in [6.45, 7) is 7.23. The molecule has 0 saturated heterocycles. The summed E-state index contributed by atoms with van der Waals surface area (Å²) in [6.07, 6.45) is 22.0. The van der Waals surface area contributed by atoms with Crippen LogP contribution in [0.5, 0.6) is 11.5 Å². The van der Waals surface area contributed by atoms with Crippen molar-refractivity contribution in [2.75, 3.05) is 6.61 Å². The summed E-state index contributed by atoms with van der Waals surface area (Å²) in [5.41, 5.74) is 2.83. The maximum atomic E-state index is 12.7. The number of aryl methyl sites for hydroxylation is 2. The Morgan fingerprint density at radius 1 is 0.649 bits per heavy atom. The lowest BCUT2D eigenvalue weighted by molar-refractivity contribution is 0.0734. The summed E-state index contributed by atoms with van der Waals surface area (Å²) in [5.74, 6) is 1.12. The van der Waals surface area contributed by atoms with Crippen LogP contribution in [0.1, 0.15) is 138 Å². The van der Waals surface area contributed by atoms with Crippen LogP contribution in [0.4, 0.5) is 0 Å². The maximum Gasteiger partial charge on any atom is 0.343 e. The summed E-state index contributed by atoms with van der Waals surface area (Å²) in [6, 6.07) is 13.5. The molecule has 0 saturated carbocycles. The van der Waals surface area contributed by atoms with Gasteiger partial charge in [0.15, 0.2) is 0 Å². The van der Waals surface area contributed by atoms with Gasteiger partial charge in [-0.2, -0.15) is 0 Å². The van der Waals surface area contributed by atoms with Gasteiger partial charge in [0.1, 0.15) is 11.5 Å². The number of carbonyl (C=O) groups excluding carboxylic acids is 1. The fourth-order valence-electron chi connectivity index (χ4n) is 4.71. The number of hydrogen-bond donors (Lipinski definition) is 0. The van der Waals surface area contributed by atoms with Gasteiger partial charge in [-0.25, -0.2) is 4.79 Å². The molecule has 0 aliphatic rings.